The molecular weight excluding hydrogens is 670 g/mol. The number of nitrogens with zero attached hydrogens (tertiary/aromatic N) is 3. The molecule has 3 aromatic carbocycles. The predicted molar refractivity (Wildman–Crippen MR) is 173 cm³/mol. The van der Waals surface area contributed by atoms with E-state index in [2.05, 4.69) is 5.32 Å². The minimum absolute atomic E-state index is 0.00358. The van der Waals surface area contributed by atoms with E-state index in [1.165, 1.54) is 37.3 Å². The maximum Gasteiger partial charge on any atom is 0.338 e. The van der Waals surface area contributed by atoms with Crippen molar-refractivity contribution in [2.24, 2.45) is 5.92 Å². The Balaban J connectivity index is 1.49. The summed E-state index contributed by atoms with van der Waals surface area (Å²) < 4.78 is 20.7. The number of carbonyl (C=O) groups is 2. The molecule has 1 unspecified atom stereocenters. The molecule has 6 rings (SSSR count). The number of benzene rings is 3. The second-order valence-corrected chi connectivity index (χ2v) is 13.3. The lowest BCUT2D eigenvalue weighted by Crippen LogP contribution is -2.52. The van der Waals surface area contributed by atoms with Gasteiger partial charge in [-0.25, -0.2) is 9.18 Å². The Bertz CT molecular complexity index is 1860. The third-order valence-electron chi connectivity index (χ3n) is 9.88. The highest BCUT2D eigenvalue weighted by Crippen LogP contribution is 2.60. The molecule has 2 N–H and O–H groups in total. The van der Waals surface area contributed by atoms with Crippen molar-refractivity contribution in [3.8, 4) is 0 Å². The van der Waals surface area contributed by atoms with E-state index in [4.69, 9.17) is 27.9 Å². The maximum atomic E-state index is 16.0. The van der Waals surface area contributed by atoms with Gasteiger partial charge in [-0.05, 0) is 68.9 Å². The largest absolute Gasteiger partial charge is 0.465 e. The van der Waals surface area contributed by atoms with Crippen LogP contribution in [0, 0.1) is 38.9 Å². The third-order valence-corrected chi connectivity index (χ3v) is 10.4. The van der Waals surface area contributed by atoms with Crippen LogP contribution in [0.1, 0.15) is 70.3 Å². The first-order chi connectivity index (χ1) is 22.8. The van der Waals surface area contributed by atoms with E-state index < -0.39 is 62.9 Å². The molecule has 48 heavy (non-hydrogen) atoms. The number of ether oxygens (including phenoxy) is 1. The Hall–Kier alpha value is -4.17. The van der Waals surface area contributed by atoms with E-state index in [0.29, 0.717) is 16.3 Å². The number of hydrogen-bond donors (Lipinski definition) is 2. The van der Waals surface area contributed by atoms with Crippen molar-refractivity contribution in [2.45, 2.75) is 62.3 Å². The molecule has 0 bridgehead atoms. The number of hydrogen-bond acceptors (Lipinski definition) is 9. The molecule has 1 aliphatic carbocycles. The molecule has 2 aliphatic heterocycles. The molecule has 12 nitrogen and oxygen atoms in total. The summed E-state index contributed by atoms with van der Waals surface area (Å²) in [6.45, 7) is 1.64. The molecule has 1 amide bonds. The number of fused-ring (bicyclic) bond motifs is 2. The summed E-state index contributed by atoms with van der Waals surface area (Å²) in [6, 6.07) is 8.92. The number of nitrogens with one attached hydrogen (secondary N) is 1. The summed E-state index contributed by atoms with van der Waals surface area (Å²) in [5, 5.41) is 39.6. The molecular formula is C33H31Cl2FN4O8. The number of halogens is 3. The Morgan fingerprint density at radius 3 is 2.56 bits per heavy atom. The van der Waals surface area contributed by atoms with Crippen molar-refractivity contribution in [3.05, 3.63) is 112 Å². The van der Waals surface area contributed by atoms with Crippen LogP contribution in [0.2, 0.25) is 10.0 Å². The van der Waals surface area contributed by atoms with E-state index in [9.17, 15) is 34.9 Å². The van der Waals surface area contributed by atoms with Crippen LogP contribution in [-0.2, 0) is 15.1 Å². The quantitative estimate of drug-likeness (QED) is 0.140. The Morgan fingerprint density at radius 2 is 1.92 bits per heavy atom. The summed E-state index contributed by atoms with van der Waals surface area (Å²) in [6.07, 6.45) is -0.106. The summed E-state index contributed by atoms with van der Waals surface area (Å²) in [4.78, 5) is 52.4. The summed E-state index contributed by atoms with van der Waals surface area (Å²) in [5.74, 6) is -3.49. The predicted octanol–water partition coefficient (Wildman–Crippen LogP) is 6.32. The number of carbonyl (C=O) groups excluding carboxylic acids is 2. The van der Waals surface area contributed by atoms with E-state index in [1.54, 1.807) is 23.1 Å². The molecule has 1 saturated heterocycles. The Labute approximate surface area is 284 Å². The standard InChI is InChI=1S/C33H31Cl2FN4O8/c1-16-19(31(42)48-2)9-10-20(29(16)39(44)45)26(41)13-12-25-30(40(46)47)27(21-4-3-5-23(35)28(21)36)33(38(25)15-17-6-7-17)22-11-8-18(34)14-24(22)37-32(33)43/h3-5,8-11,14,17,25-27,30,41H,6-7,12-13,15H2,1-2H3,(H,37,43)/t25-,26?,27-,30+,33+/m0/s1. The fourth-order valence-corrected chi connectivity index (χ4v) is 8.00. The molecule has 5 atom stereocenters. The fourth-order valence-electron chi connectivity index (χ4n) is 7.64. The molecule has 2 fully saturated rings. The monoisotopic (exact) mass is 700 g/mol. The van der Waals surface area contributed by atoms with Crippen LogP contribution in [0.15, 0.2) is 48.5 Å². The smallest absolute Gasteiger partial charge is 0.338 e. The molecule has 1 saturated carbocycles. The number of esters is 1. The highest BCUT2D eigenvalue weighted by molar-refractivity contribution is 6.31. The zero-order valence-electron chi connectivity index (χ0n) is 25.8. The van der Waals surface area contributed by atoms with Gasteiger partial charge in [-0.1, -0.05) is 41.4 Å². The Morgan fingerprint density at radius 1 is 1.19 bits per heavy atom. The van der Waals surface area contributed by atoms with E-state index in [1.807, 2.05) is 0 Å². The fraction of sp³-hybridized carbons (Fsp3) is 0.394. The zero-order valence-corrected chi connectivity index (χ0v) is 27.3. The van der Waals surface area contributed by atoms with Crippen molar-refractivity contribution >= 4 is 46.5 Å². The number of likely N-dealkylation sites (tertiary alicyclic amines) is 1. The van der Waals surface area contributed by atoms with Crippen LogP contribution in [0.3, 0.4) is 0 Å². The first-order valence-corrected chi connectivity index (χ1v) is 16.1. The van der Waals surface area contributed by atoms with Crippen LogP contribution < -0.4 is 5.32 Å². The van der Waals surface area contributed by atoms with Gasteiger partial charge in [-0.2, -0.15) is 0 Å². The normalized spacial score (nSPS) is 24.0. The molecule has 2 heterocycles. The second kappa shape index (κ2) is 12.7. The highest BCUT2D eigenvalue weighted by Gasteiger charge is 2.71. The van der Waals surface area contributed by atoms with Gasteiger partial charge in [-0.15, -0.1) is 0 Å². The van der Waals surface area contributed by atoms with Gasteiger partial charge in [0.15, 0.2) is 0 Å². The number of amides is 1. The van der Waals surface area contributed by atoms with Crippen molar-refractivity contribution in [1.29, 1.82) is 0 Å². The van der Waals surface area contributed by atoms with Crippen LogP contribution in [0.5, 0.6) is 0 Å². The second-order valence-electron chi connectivity index (χ2n) is 12.5. The van der Waals surface area contributed by atoms with Crippen molar-refractivity contribution in [2.75, 3.05) is 19.0 Å². The number of methoxy groups -OCH3 is 1. The van der Waals surface area contributed by atoms with Gasteiger partial charge >= 0.3 is 5.97 Å². The summed E-state index contributed by atoms with van der Waals surface area (Å²) in [5.41, 5.74) is -1.70. The molecule has 3 aliphatic rings. The molecule has 0 radical (unpaired) electrons. The van der Waals surface area contributed by atoms with Gasteiger partial charge < -0.3 is 15.2 Å². The number of nitro benzene ring substituents is 1. The Kier molecular flexibility index (Phi) is 8.92. The minimum Gasteiger partial charge on any atom is -0.465 e. The highest BCUT2D eigenvalue weighted by atomic mass is 35.5. The van der Waals surface area contributed by atoms with Crippen LogP contribution in [0.4, 0.5) is 15.8 Å². The topological polar surface area (TPSA) is 165 Å². The maximum absolute atomic E-state index is 16.0. The van der Waals surface area contributed by atoms with Crippen molar-refractivity contribution < 1.29 is 33.7 Å². The van der Waals surface area contributed by atoms with Gasteiger partial charge in [-0.3, -0.25) is 29.9 Å². The third kappa shape index (κ3) is 5.38. The van der Waals surface area contributed by atoms with E-state index in [-0.39, 0.29) is 52.6 Å². The molecule has 252 valence electrons. The van der Waals surface area contributed by atoms with Crippen LogP contribution in [0.25, 0.3) is 0 Å². The zero-order chi connectivity index (χ0) is 34.7. The van der Waals surface area contributed by atoms with Gasteiger partial charge in [0.2, 0.25) is 6.04 Å². The SMILES string of the molecule is COC(=O)c1ccc(C(O)CC[C@H]2[C@@H]([N+](=O)[O-])[C@H](c3cccc(Cl)c3F)[C@]3(C(=O)Nc4cc(Cl)ccc43)N2CC2CC2)c([N+](=O)[O-])c1C. The molecule has 1 spiro atoms. The van der Waals surface area contributed by atoms with Crippen LogP contribution >= 0.6 is 23.2 Å². The van der Waals surface area contributed by atoms with E-state index in [0.717, 1.165) is 20.0 Å². The first kappa shape index (κ1) is 33.7. The number of anilines is 1. The first-order valence-electron chi connectivity index (χ1n) is 15.3. The number of rotatable bonds is 10. The number of aliphatic hydroxyl groups excluding tert-OH is 1. The average molecular weight is 702 g/mol. The number of nitro groups is 2. The molecule has 15 heteroatoms. The lowest BCUT2D eigenvalue weighted by molar-refractivity contribution is -0.528. The molecule has 3 aromatic rings. The van der Waals surface area contributed by atoms with Gasteiger partial charge in [0.1, 0.15) is 11.4 Å². The molecule has 0 aromatic heterocycles. The summed E-state index contributed by atoms with van der Waals surface area (Å²) >= 11 is 12.5. The van der Waals surface area contributed by atoms with Gasteiger partial charge in [0.25, 0.3) is 11.6 Å². The lowest BCUT2D eigenvalue weighted by Gasteiger charge is -2.39. The van der Waals surface area contributed by atoms with Gasteiger partial charge in [0, 0.05) is 38.9 Å². The minimum atomic E-state index is -1.74. The van der Waals surface area contributed by atoms with Gasteiger partial charge in [0.05, 0.1) is 46.2 Å². The summed E-state index contributed by atoms with van der Waals surface area (Å²) in [7, 11) is 1.14. The lowest BCUT2D eigenvalue weighted by atomic mass is 9.73. The average Bonchev–Trinajstić information content (AvgIpc) is 3.76. The van der Waals surface area contributed by atoms with Crippen molar-refractivity contribution in [3.63, 3.8) is 0 Å². The van der Waals surface area contributed by atoms with Crippen LogP contribution in [-0.4, -0.2) is 57.5 Å². The van der Waals surface area contributed by atoms with E-state index >= 15 is 4.39 Å². The number of aliphatic hydroxyl groups is 1. The van der Waals surface area contributed by atoms with Crippen molar-refractivity contribution in [1.82, 2.24) is 4.90 Å².